The van der Waals surface area contributed by atoms with E-state index in [-0.39, 0.29) is 23.8 Å². The summed E-state index contributed by atoms with van der Waals surface area (Å²) in [5.74, 6) is -0.130. The van der Waals surface area contributed by atoms with Crippen LogP contribution in [-0.4, -0.2) is 65.0 Å². The Hall–Kier alpha value is -2.42. The van der Waals surface area contributed by atoms with Crippen LogP contribution in [0.3, 0.4) is 0 Å². The van der Waals surface area contributed by atoms with Gasteiger partial charge in [0.1, 0.15) is 0 Å². The van der Waals surface area contributed by atoms with Gasteiger partial charge in [-0.05, 0) is 57.0 Å². The Labute approximate surface area is 198 Å². The van der Waals surface area contributed by atoms with E-state index in [9.17, 15) is 13.2 Å². The van der Waals surface area contributed by atoms with Gasteiger partial charge in [-0.3, -0.25) is 9.69 Å². The number of rotatable bonds is 11. The van der Waals surface area contributed by atoms with Crippen LogP contribution in [-0.2, 0) is 14.8 Å². The third kappa shape index (κ3) is 7.84. The van der Waals surface area contributed by atoms with Gasteiger partial charge in [0.2, 0.25) is 15.9 Å². The van der Waals surface area contributed by atoms with Crippen LogP contribution in [0.5, 0.6) is 0 Å². The van der Waals surface area contributed by atoms with Crippen LogP contribution in [0.1, 0.15) is 30.4 Å². The summed E-state index contributed by atoms with van der Waals surface area (Å²) in [5, 5.41) is 2.89. The van der Waals surface area contributed by atoms with E-state index in [0.717, 1.165) is 51.1 Å². The normalized spacial score (nSPS) is 14.9. The van der Waals surface area contributed by atoms with Crippen LogP contribution in [0.15, 0.2) is 53.4 Å². The number of benzene rings is 2. The SMILES string of the molecule is Cc1ccc(S(=O)(=O)NCCC(=O)NCCCCN2CCN(c3ccccc3)CC2)c(C)c1. The average Bonchev–Trinajstić information content (AvgIpc) is 2.79. The minimum Gasteiger partial charge on any atom is -0.369 e. The van der Waals surface area contributed by atoms with Crippen molar-refractivity contribution in [3.8, 4) is 0 Å². The first-order chi connectivity index (χ1) is 15.8. The molecule has 2 N–H and O–H groups in total. The lowest BCUT2D eigenvalue weighted by molar-refractivity contribution is -0.120. The molecule has 33 heavy (non-hydrogen) atoms. The highest BCUT2D eigenvalue weighted by Crippen LogP contribution is 2.17. The highest BCUT2D eigenvalue weighted by atomic mass is 32.2. The Morgan fingerprint density at radius 3 is 2.36 bits per heavy atom. The second-order valence-electron chi connectivity index (χ2n) is 8.64. The molecule has 1 saturated heterocycles. The Morgan fingerprint density at radius 1 is 0.939 bits per heavy atom. The van der Waals surface area contributed by atoms with Gasteiger partial charge in [-0.2, -0.15) is 0 Å². The van der Waals surface area contributed by atoms with E-state index in [1.54, 1.807) is 19.1 Å². The number of piperazine rings is 1. The van der Waals surface area contributed by atoms with Gasteiger partial charge in [0.05, 0.1) is 4.90 Å². The zero-order valence-electron chi connectivity index (χ0n) is 19.7. The molecule has 2 aromatic rings. The van der Waals surface area contributed by atoms with Crippen molar-refractivity contribution in [2.45, 2.75) is 38.0 Å². The maximum absolute atomic E-state index is 12.4. The second kappa shape index (κ2) is 12.2. The summed E-state index contributed by atoms with van der Waals surface area (Å²) >= 11 is 0. The topological polar surface area (TPSA) is 81.7 Å². The molecule has 0 bridgehead atoms. The maximum Gasteiger partial charge on any atom is 0.240 e. The van der Waals surface area contributed by atoms with Crippen molar-refractivity contribution in [3.05, 3.63) is 59.7 Å². The number of hydrogen-bond acceptors (Lipinski definition) is 5. The van der Waals surface area contributed by atoms with Crippen molar-refractivity contribution in [2.24, 2.45) is 0 Å². The zero-order valence-corrected chi connectivity index (χ0v) is 20.5. The Morgan fingerprint density at radius 2 is 1.67 bits per heavy atom. The molecule has 2 aromatic carbocycles. The number of nitrogens with zero attached hydrogens (tertiary/aromatic N) is 2. The molecule has 0 aliphatic carbocycles. The number of carbonyl (C=O) groups is 1. The number of hydrogen-bond donors (Lipinski definition) is 2. The molecule has 7 nitrogen and oxygen atoms in total. The van der Waals surface area contributed by atoms with Gasteiger partial charge in [0, 0.05) is 51.4 Å². The maximum atomic E-state index is 12.4. The molecule has 0 saturated carbocycles. The lowest BCUT2D eigenvalue weighted by Crippen LogP contribution is -2.46. The van der Waals surface area contributed by atoms with Gasteiger partial charge in [-0.25, -0.2) is 13.1 Å². The molecule has 3 rings (SSSR count). The standard InChI is InChI=1S/C25H36N4O3S/c1-21-10-11-24(22(2)20-21)33(31,32)27-14-12-25(30)26-13-6-7-15-28-16-18-29(19-17-28)23-8-4-3-5-9-23/h3-5,8-11,20,27H,6-7,12-19H2,1-2H3,(H,26,30). The van der Waals surface area contributed by atoms with E-state index in [1.807, 2.05) is 19.1 Å². The first-order valence-electron chi connectivity index (χ1n) is 11.7. The van der Waals surface area contributed by atoms with Crippen molar-refractivity contribution < 1.29 is 13.2 Å². The Kier molecular flexibility index (Phi) is 9.29. The molecule has 1 amide bonds. The molecular weight excluding hydrogens is 436 g/mol. The summed E-state index contributed by atoms with van der Waals surface area (Å²) in [6, 6.07) is 15.7. The number of unbranched alkanes of at least 4 members (excludes halogenated alkanes) is 1. The third-order valence-electron chi connectivity index (χ3n) is 5.98. The molecule has 8 heteroatoms. The number of amides is 1. The summed E-state index contributed by atoms with van der Waals surface area (Å²) in [7, 11) is -3.61. The molecule has 1 heterocycles. The van der Waals surface area contributed by atoms with Crippen molar-refractivity contribution in [3.63, 3.8) is 0 Å². The monoisotopic (exact) mass is 472 g/mol. The van der Waals surface area contributed by atoms with Gasteiger partial charge >= 0.3 is 0 Å². The lowest BCUT2D eigenvalue weighted by Gasteiger charge is -2.36. The van der Waals surface area contributed by atoms with Gasteiger partial charge in [-0.15, -0.1) is 0 Å². The molecule has 0 spiro atoms. The number of aryl methyl sites for hydroxylation is 2. The molecule has 180 valence electrons. The second-order valence-corrected chi connectivity index (χ2v) is 10.4. The number of para-hydroxylation sites is 1. The lowest BCUT2D eigenvalue weighted by atomic mass is 10.2. The number of sulfonamides is 1. The molecule has 0 aromatic heterocycles. The molecular formula is C25H36N4O3S. The predicted octanol–water partition coefficient (Wildman–Crippen LogP) is 2.69. The molecule has 1 aliphatic rings. The van der Waals surface area contributed by atoms with Crippen LogP contribution in [0, 0.1) is 13.8 Å². The summed E-state index contributed by atoms with van der Waals surface area (Å²) < 4.78 is 27.4. The van der Waals surface area contributed by atoms with Crippen molar-refractivity contribution >= 4 is 21.6 Å². The largest absolute Gasteiger partial charge is 0.369 e. The van der Waals surface area contributed by atoms with Gasteiger partial charge < -0.3 is 10.2 Å². The Bertz CT molecular complexity index is 1000. The number of anilines is 1. The quantitative estimate of drug-likeness (QED) is 0.492. The summed E-state index contributed by atoms with van der Waals surface area (Å²) in [6.07, 6.45) is 2.08. The highest BCUT2D eigenvalue weighted by Gasteiger charge is 2.17. The van der Waals surface area contributed by atoms with E-state index < -0.39 is 10.0 Å². The molecule has 0 unspecified atom stereocenters. The number of carbonyl (C=O) groups excluding carboxylic acids is 1. The number of nitrogens with one attached hydrogen (secondary N) is 2. The third-order valence-corrected chi connectivity index (χ3v) is 7.60. The average molecular weight is 473 g/mol. The zero-order chi connectivity index (χ0) is 23.7. The van der Waals surface area contributed by atoms with E-state index in [4.69, 9.17) is 0 Å². The summed E-state index contributed by atoms with van der Waals surface area (Å²) in [4.78, 5) is 17.2. The first-order valence-corrected chi connectivity index (χ1v) is 13.2. The van der Waals surface area contributed by atoms with Crippen molar-refractivity contribution in [2.75, 3.05) is 50.7 Å². The van der Waals surface area contributed by atoms with E-state index in [1.165, 1.54) is 5.69 Å². The van der Waals surface area contributed by atoms with Gasteiger partial charge in [0.15, 0.2) is 0 Å². The highest BCUT2D eigenvalue weighted by molar-refractivity contribution is 7.89. The van der Waals surface area contributed by atoms with Crippen LogP contribution < -0.4 is 14.9 Å². The van der Waals surface area contributed by atoms with Crippen LogP contribution in [0.2, 0.25) is 0 Å². The van der Waals surface area contributed by atoms with E-state index in [2.05, 4.69) is 44.1 Å². The molecule has 1 fully saturated rings. The fraction of sp³-hybridized carbons (Fsp3) is 0.480. The Balaban J connectivity index is 1.25. The van der Waals surface area contributed by atoms with Crippen LogP contribution in [0.4, 0.5) is 5.69 Å². The smallest absolute Gasteiger partial charge is 0.240 e. The molecule has 0 radical (unpaired) electrons. The molecule has 1 aliphatic heterocycles. The predicted molar refractivity (Wildman–Crippen MR) is 133 cm³/mol. The van der Waals surface area contributed by atoms with E-state index >= 15 is 0 Å². The first kappa shape index (κ1) is 25.2. The minimum absolute atomic E-state index is 0.0905. The van der Waals surface area contributed by atoms with Gasteiger partial charge in [-0.1, -0.05) is 35.9 Å². The fourth-order valence-corrected chi connectivity index (χ4v) is 5.38. The minimum atomic E-state index is -3.61. The summed E-state index contributed by atoms with van der Waals surface area (Å²) in [6.45, 7) is 9.64. The van der Waals surface area contributed by atoms with E-state index in [0.29, 0.717) is 12.1 Å². The van der Waals surface area contributed by atoms with Gasteiger partial charge in [0.25, 0.3) is 0 Å². The van der Waals surface area contributed by atoms with Crippen molar-refractivity contribution in [1.82, 2.24) is 14.9 Å². The van der Waals surface area contributed by atoms with Crippen LogP contribution in [0.25, 0.3) is 0 Å². The van der Waals surface area contributed by atoms with Crippen LogP contribution >= 0.6 is 0 Å². The van der Waals surface area contributed by atoms with Crippen molar-refractivity contribution in [1.29, 1.82) is 0 Å². The molecule has 0 atom stereocenters. The fourth-order valence-electron chi connectivity index (χ4n) is 4.12. The summed E-state index contributed by atoms with van der Waals surface area (Å²) in [5.41, 5.74) is 3.00.